The Morgan fingerprint density at radius 2 is 2.27 bits per heavy atom. The number of nitrogens with zero attached hydrogens (tertiary/aromatic N) is 5. The van der Waals surface area contributed by atoms with Crippen LogP contribution in [0.3, 0.4) is 0 Å². The van der Waals surface area contributed by atoms with E-state index in [2.05, 4.69) is 25.7 Å². The van der Waals surface area contributed by atoms with Crippen molar-refractivity contribution in [3.05, 3.63) is 29.8 Å². The highest BCUT2D eigenvalue weighted by atomic mass is 32.2. The quantitative estimate of drug-likeness (QED) is 0.546. The molecule has 1 aromatic carbocycles. The number of nitrogens with one attached hydrogen (secondary N) is 1. The molecule has 0 unspecified atom stereocenters. The van der Waals surface area contributed by atoms with Crippen LogP contribution < -0.4 is 5.32 Å². The van der Waals surface area contributed by atoms with Crippen molar-refractivity contribution in [1.29, 1.82) is 0 Å². The lowest BCUT2D eigenvalue weighted by Gasteiger charge is -2.10. The van der Waals surface area contributed by atoms with Gasteiger partial charge in [-0.25, -0.2) is 0 Å². The normalized spacial score (nSPS) is 16.1. The maximum Gasteiger partial charge on any atom is 0.296 e. The molecule has 0 bridgehead atoms. The van der Waals surface area contributed by atoms with Crippen LogP contribution in [0.2, 0.25) is 0 Å². The first-order valence-corrected chi connectivity index (χ1v) is 11.0. The first-order chi connectivity index (χ1) is 14.6. The molecule has 4 rings (SSSR count). The average Bonchev–Trinajstić information content (AvgIpc) is 3.51. The van der Waals surface area contributed by atoms with Crippen molar-refractivity contribution in [3.8, 4) is 23.1 Å². The van der Waals surface area contributed by atoms with Gasteiger partial charge in [-0.2, -0.15) is 4.98 Å². The standard InChI is InChI=1S/C20H24N6O3S/c1-3-26-18(19-22-17(25-29-19)14-7-4-6-13(2)10-14)23-24-20(26)30-12-16(27)21-11-15-8-5-9-28-15/h4,6-7,10,15H,3,5,8-9,11-12H2,1-2H3,(H,21,27)/t15-/m0/s1. The third kappa shape index (κ3) is 4.71. The number of hydrogen-bond acceptors (Lipinski definition) is 8. The Bertz CT molecular complexity index is 1010. The molecule has 1 fully saturated rings. The van der Waals surface area contributed by atoms with Gasteiger partial charge in [-0.15, -0.1) is 10.2 Å². The van der Waals surface area contributed by atoms with E-state index in [-0.39, 0.29) is 17.8 Å². The summed E-state index contributed by atoms with van der Waals surface area (Å²) in [6.45, 7) is 5.93. The van der Waals surface area contributed by atoms with Crippen molar-refractivity contribution < 1.29 is 14.1 Å². The van der Waals surface area contributed by atoms with Gasteiger partial charge in [0.05, 0.1) is 11.9 Å². The van der Waals surface area contributed by atoms with E-state index in [0.717, 1.165) is 30.6 Å². The summed E-state index contributed by atoms with van der Waals surface area (Å²) in [6.07, 6.45) is 2.18. The van der Waals surface area contributed by atoms with Gasteiger partial charge in [0.15, 0.2) is 5.16 Å². The lowest BCUT2D eigenvalue weighted by atomic mass is 10.1. The third-order valence-electron chi connectivity index (χ3n) is 4.81. The van der Waals surface area contributed by atoms with E-state index in [0.29, 0.717) is 35.8 Å². The molecule has 9 nitrogen and oxygen atoms in total. The number of rotatable bonds is 8. The Morgan fingerprint density at radius 1 is 1.37 bits per heavy atom. The molecule has 3 heterocycles. The van der Waals surface area contributed by atoms with Gasteiger partial charge in [-0.1, -0.05) is 40.7 Å². The predicted octanol–water partition coefficient (Wildman–Crippen LogP) is 2.71. The van der Waals surface area contributed by atoms with E-state index in [9.17, 15) is 4.79 Å². The zero-order valence-electron chi connectivity index (χ0n) is 17.0. The summed E-state index contributed by atoms with van der Waals surface area (Å²) in [7, 11) is 0. The Kier molecular flexibility index (Phi) is 6.44. The molecule has 3 aromatic rings. The van der Waals surface area contributed by atoms with E-state index in [1.54, 1.807) is 0 Å². The molecule has 30 heavy (non-hydrogen) atoms. The maximum atomic E-state index is 12.2. The highest BCUT2D eigenvalue weighted by Crippen LogP contribution is 2.25. The molecule has 0 radical (unpaired) electrons. The van der Waals surface area contributed by atoms with Crippen LogP contribution >= 0.6 is 11.8 Å². The molecule has 10 heteroatoms. The number of ether oxygens (including phenoxy) is 1. The molecule has 1 atom stereocenters. The van der Waals surface area contributed by atoms with Gasteiger partial charge in [0, 0.05) is 25.3 Å². The lowest BCUT2D eigenvalue weighted by molar-refractivity contribution is -0.119. The Labute approximate surface area is 178 Å². The molecule has 0 spiro atoms. The number of carbonyl (C=O) groups is 1. The van der Waals surface area contributed by atoms with Crippen molar-refractivity contribution in [3.63, 3.8) is 0 Å². The van der Waals surface area contributed by atoms with Crippen molar-refractivity contribution in [2.24, 2.45) is 0 Å². The largest absolute Gasteiger partial charge is 0.376 e. The number of amides is 1. The molecule has 158 valence electrons. The van der Waals surface area contributed by atoms with Gasteiger partial charge in [0.25, 0.3) is 5.89 Å². The van der Waals surface area contributed by atoms with Gasteiger partial charge >= 0.3 is 0 Å². The second-order valence-corrected chi connectivity index (χ2v) is 8.01. The summed E-state index contributed by atoms with van der Waals surface area (Å²) < 4.78 is 12.8. The fraction of sp³-hybridized carbons (Fsp3) is 0.450. The number of carbonyl (C=O) groups excluding carboxylic acids is 1. The fourth-order valence-corrected chi connectivity index (χ4v) is 4.10. The predicted molar refractivity (Wildman–Crippen MR) is 112 cm³/mol. The first kappa shape index (κ1) is 20.5. The second-order valence-electron chi connectivity index (χ2n) is 7.07. The van der Waals surface area contributed by atoms with E-state index in [1.807, 2.05) is 42.7 Å². The zero-order valence-corrected chi connectivity index (χ0v) is 17.8. The summed E-state index contributed by atoms with van der Waals surface area (Å²) >= 11 is 1.33. The summed E-state index contributed by atoms with van der Waals surface area (Å²) in [6, 6.07) is 7.89. The summed E-state index contributed by atoms with van der Waals surface area (Å²) in [5.41, 5.74) is 2.00. The smallest absolute Gasteiger partial charge is 0.296 e. The second kappa shape index (κ2) is 9.40. The van der Waals surface area contributed by atoms with Crippen molar-refractivity contribution in [2.75, 3.05) is 18.9 Å². The molecular formula is C20H24N6O3S. The average molecular weight is 429 g/mol. The molecule has 1 aliphatic heterocycles. The van der Waals surface area contributed by atoms with E-state index >= 15 is 0 Å². The molecule has 1 amide bonds. The molecular weight excluding hydrogens is 404 g/mol. The first-order valence-electron chi connectivity index (χ1n) is 9.99. The van der Waals surface area contributed by atoms with Crippen molar-refractivity contribution in [1.82, 2.24) is 30.2 Å². The van der Waals surface area contributed by atoms with Crippen molar-refractivity contribution >= 4 is 17.7 Å². The molecule has 1 saturated heterocycles. The number of aromatic nitrogens is 5. The van der Waals surface area contributed by atoms with Crippen LogP contribution in [0.5, 0.6) is 0 Å². The van der Waals surface area contributed by atoms with Crippen molar-refractivity contribution in [2.45, 2.75) is 44.5 Å². The topological polar surface area (TPSA) is 108 Å². The highest BCUT2D eigenvalue weighted by Gasteiger charge is 2.21. The number of hydrogen-bond donors (Lipinski definition) is 1. The molecule has 1 N–H and O–H groups in total. The molecule has 1 aliphatic rings. The van der Waals surface area contributed by atoms with Crippen LogP contribution in [0.1, 0.15) is 25.3 Å². The minimum atomic E-state index is -0.0535. The van der Waals surface area contributed by atoms with Gasteiger partial charge in [0.1, 0.15) is 0 Å². The van der Waals surface area contributed by atoms with Gasteiger partial charge in [-0.05, 0) is 32.8 Å². The molecule has 0 aliphatic carbocycles. The summed E-state index contributed by atoms with van der Waals surface area (Å²) in [5.74, 6) is 1.49. The SMILES string of the molecule is CCn1c(SCC(=O)NC[C@@H]2CCCO2)nnc1-c1nc(-c2cccc(C)c2)no1. The number of aryl methyl sites for hydroxylation is 1. The van der Waals surface area contributed by atoms with E-state index in [4.69, 9.17) is 9.26 Å². The van der Waals surface area contributed by atoms with Crippen LogP contribution in [0.4, 0.5) is 0 Å². The van der Waals surface area contributed by atoms with Crippen LogP contribution in [0, 0.1) is 6.92 Å². The van der Waals surface area contributed by atoms with Gasteiger partial charge in [-0.3, -0.25) is 9.36 Å². The zero-order chi connectivity index (χ0) is 20.9. The van der Waals surface area contributed by atoms with E-state index in [1.165, 1.54) is 11.8 Å². The summed E-state index contributed by atoms with van der Waals surface area (Å²) in [4.78, 5) is 16.6. The van der Waals surface area contributed by atoms with Gasteiger partial charge < -0.3 is 14.6 Å². The van der Waals surface area contributed by atoms with Crippen LogP contribution in [-0.4, -0.2) is 55.8 Å². The Balaban J connectivity index is 1.41. The molecule has 2 aromatic heterocycles. The fourth-order valence-electron chi connectivity index (χ4n) is 3.27. The number of benzene rings is 1. The Hall–Kier alpha value is -2.72. The molecule has 0 saturated carbocycles. The highest BCUT2D eigenvalue weighted by molar-refractivity contribution is 7.99. The van der Waals surface area contributed by atoms with Gasteiger partial charge in [0.2, 0.25) is 17.6 Å². The minimum Gasteiger partial charge on any atom is -0.376 e. The maximum absolute atomic E-state index is 12.2. The van der Waals surface area contributed by atoms with Crippen LogP contribution in [0.15, 0.2) is 33.9 Å². The third-order valence-corrected chi connectivity index (χ3v) is 5.78. The van der Waals surface area contributed by atoms with E-state index < -0.39 is 0 Å². The number of thioether (sulfide) groups is 1. The summed E-state index contributed by atoms with van der Waals surface area (Å²) in [5, 5.41) is 16.0. The Morgan fingerprint density at radius 3 is 3.03 bits per heavy atom. The van der Waals surface area contributed by atoms with Crippen LogP contribution in [0.25, 0.3) is 23.1 Å². The lowest BCUT2D eigenvalue weighted by Crippen LogP contribution is -2.32. The van der Waals surface area contributed by atoms with Crippen LogP contribution in [-0.2, 0) is 16.1 Å². The monoisotopic (exact) mass is 428 g/mol. The minimum absolute atomic E-state index is 0.0535.